The molecule has 0 saturated heterocycles. The molecule has 3 aromatic heterocycles. The first-order valence-electron chi connectivity index (χ1n) is 7.41. The number of carbonyl (C=O) groups is 1. The summed E-state index contributed by atoms with van der Waals surface area (Å²) in [6.45, 7) is 0.0713. The molecule has 0 unspecified atom stereocenters. The number of aromatic nitrogens is 2. The molecule has 0 spiro atoms. The molecule has 3 heterocycles. The Morgan fingerprint density at radius 3 is 3.00 bits per heavy atom. The van der Waals surface area contributed by atoms with E-state index in [4.69, 9.17) is 13.7 Å². The van der Waals surface area contributed by atoms with Crippen LogP contribution in [0, 0.1) is 0 Å². The summed E-state index contributed by atoms with van der Waals surface area (Å²) in [5.41, 5.74) is 2.03. The van der Waals surface area contributed by atoms with Gasteiger partial charge in [0.25, 0.3) is 5.22 Å². The van der Waals surface area contributed by atoms with Crippen LogP contribution in [0.1, 0.15) is 5.69 Å². The molecule has 6 nitrogen and oxygen atoms in total. The Balaban J connectivity index is 1.29. The Morgan fingerprint density at radius 2 is 2.16 bits per heavy atom. The van der Waals surface area contributed by atoms with E-state index >= 15 is 0 Å². The molecular formula is C17H12N2O4S2. The second kappa shape index (κ2) is 7.12. The molecule has 126 valence electrons. The van der Waals surface area contributed by atoms with Crippen molar-refractivity contribution in [3.05, 3.63) is 53.5 Å². The van der Waals surface area contributed by atoms with Gasteiger partial charge in [0.1, 0.15) is 23.6 Å². The number of benzene rings is 1. The van der Waals surface area contributed by atoms with E-state index in [0.29, 0.717) is 22.3 Å². The van der Waals surface area contributed by atoms with Crippen molar-refractivity contribution in [1.82, 2.24) is 10.1 Å². The van der Waals surface area contributed by atoms with Gasteiger partial charge in [-0.2, -0.15) is 0 Å². The van der Waals surface area contributed by atoms with Crippen molar-refractivity contribution in [2.45, 2.75) is 11.8 Å². The fourth-order valence-corrected chi connectivity index (χ4v) is 3.45. The molecule has 0 N–H and O–H groups in total. The van der Waals surface area contributed by atoms with E-state index in [9.17, 15) is 4.79 Å². The minimum absolute atomic E-state index is 0.0713. The van der Waals surface area contributed by atoms with Crippen molar-refractivity contribution < 1.29 is 18.5 Å². The number of oxazole rings is 1. The topological polar surface area (TPSA) is 78.4 Å². The lowest BCUT2D eigenvalue weighted by Crippen LogP contribution is -2.07. The molecule has 0 radical (unpaired) electrons. The quantitative estimate of drug-likeness (QED) is 0.367. The molecule has 25 heavy (non-hydrogen) atoms. The van der Waals surface area contributed by atoms with Crippen molar-refractivity contribution in [1.29, 1.82) is 0 Å². The summed E-state index contributed by atoms with van der Waals surface area (Å²) >= 11 is 2.76. The molecule has 4 rings (SSSR count). The van der Waals surface area contributed by atoms with E-state index in [-0.39, 0.29) is 18.3 Å². The van der Waals surface area contributed by atoms with Crippen LogP contribution in [0.15, 0.2) is 62.0 Å². The van der Waals surface area contributed by atoms with Gasteiger partial charge in [-0.15, -0.1) is 11.3 Å². The van der Waals surface area contributed by atoms with E-state index in [1.54, 1.807) is 17.4 Å². The number of ether oxygens (including phenoxy) is 1. The third-order valence-electron chi connectivity index (χ3n) is 3.29. The van der Waals surface area contributed by atoms with Crippen molar-refractivity contribution in [2.75, 3.05) is 5.75 Å². The van der Waals surface area contributed by atoms with Crippen LogP contribution in [-0.4, -0.2) is 21.9 Å². The molecule has 0 aliphatic rings. The fourth-order valence-electron chi connectivity index (χ4n) is 2.14. The fraction of sp³-hybridized carbons (Fsp3) is 0.118. The van der Waals surface area contributed by atoms with Crippen LogP contribution in [-0.2, 0) is 16.1 Å². The first kappa shape index (κ1) is 15.9. The Kier molecular flexibility index (Phi) is 4.53. The van der Waals surface area contributed by atoms with Crippen LogP contribution in [0.2, 0.25) is 0 Å². The van der Waals surface area contributed by atoms with Crippen LogP contribution in [0.3, 0.4) is 0 Å². The number of thiophene rings is 1. The molecule has 0 bridgehead atoms. The Morgan fingerprint density at radius 1 is 1.24 bits per heavy atom. The highest BCUT2D eigenvalue weighted by Gasteiger charge is 2.12. The van der Waals surface area contributed by atoms with E-state index in [1.807, 2.05) is 41.8 Å². The lowest BCUT2D eigenvalue weighted by Gasteiger charge is -2.00. The number of fused-ring (bicyclic) bond motifs is 1. The van der Waals surface area contributed by atoms with E-state index in [2.05, 4.69) is 10.1 Å². The van der Waals surface area contributed by atoms with Gasteiger partial charge < -0.3 is 13.7 Å². The molecule has 0 aliphatic carbocycles. The van der Waals surface area contributed by atoms with Crippen LogP contribution in [0.25, 0.3) is 21.7 Å². The third-order valence-corrected chi connectivity index (χ3v) is 4.98. The normalized spacial score (nSPS) is 11.0. The number of para-hydroxylation sites is 2. The Hall–Kier alpha value is -2.58. The molecule has 0 fully saturated rings. The van der Waals surface area contributed by atoms with Gasteiger partial charge in [-0.3, -0.25) is 4.79 Å². The van der Waals surface area contributed by atoms with Crippen molar-refractivity contribution >= 4 is 40.2 Å². The summed E-state index contributed by atoms with van der Waals surface area (Å²) in [7, 11) is 0. The van der Waals surface area contributed by atoms with Gasteiger partial charge in [0.15, 0.2) is 11.3 Å². The zero-order chi connectivity index (χ0) is 17.1. The van der Waals surface area contributed by atoms with Gasteiger partial charge in [-0.25, -0.2) is 4.98 Å². The lowest BCUT2D eigenvalue weighted by molar-refractivity contribution is -0.141. The van der Waals surface area contributed by atoms with Crippen molar-refractivity contribution in [2.24, 2.45) is 0 Å². The molecule has 0 aliphatic heterocycles. The number of hydrogen-bond acceptors (Lipinski definition) is 8. The van der Waals surface area contributed by atoms with Crippen LogP contribution < -0.4 is 0 Å². The van der Waals surface area contributed by atoms with Crippen LogP contribution >= 0.6 is 23.1 Å². The summed E-state index contributed by atoms with van der Waals surface area (Å²) < 4.78 is 16.0. The van der Waals surface area contributed by atoms with Gasteiger partial charge in [0.05, 0.1) is 4.88 Å². The predicted octanol–water partition coefficient (Wildman–Crippen LogP) is 4.38. The van der Waals surface area contributed by atoms with Gasteiger partial charge in [-0.1, -0.05) is 35.1 Å². The highest BCUT2D eigenvalue weighted by atomic mass is 32.2. The van der Waals surface area contributed by atoms with Gasteiger partial charge in [0, 0.05) is 6.07 Å². The van der Waals surface area contributed by atoms with E-state index < -0.39 is 0 Å². The second-order valence-corrected chi connectivity index (χ2v) is 6.93. The number of rotatable bonds is 6. The number of carbonyl (C=O) groups excluding carboxylic acids is 1. The Labute approximate surface area is 150 Å². The maximum Gasteiger partial charge on any atom is 0.316 e. The molecule has 4 aromatic rings. The first-order chi connectivity index (χ1) is 12.3. The SMILES string of the molecule is O=C(CSc1nc2ccccc2o1)OCc1cc(-c2cccs2)on1. The predicted molar refractivity (Wildman–Crippen MR) is 94.3 cm³/mol. The standard InChI is InChI=1S/C17H12N2O4S2/c20-16(10-25-17-18-12-4-1-2-5-13(12)22-17)21-9-11-8-14(23-19-11)15-6-3-7-24-15/h1-8H,9-10H2. The average molecular weight is 372 g/mol. The molecule has 0 amide bonds. The largest absolute Gasteiger partial charge is 0.458 e. The van der Waals surface area contributed by atoms with Gasteiger partial charge >= 0.3 is 5.97 Å². The molecule has 1 aromatic carbocycles. The molecular weight excluding hydrogens is 360 g/mol. The highest BCUT2D eigenvalue weighted by Crippen LogP contribution is 2.26. The number of nitrogens with zero attached hydrogens (tertiary/aromatic N) is 2. The summed E-state index contributed by atoms with van der Waals surface area (Å²) in [4.78, 5) is 17.2. The zero-order valence-electron chi connectivity index (χ0n) is 12.9. The maximum atomic E-state index is 11.9. The lowest BCUT2D eigenvalue weighted by atomic mass is 10.3. The van der Waals surface area contributed by atoms with Crippen LogP contribution in [0.5, 0.6) is 0 Å². The third kappa shape index (κ3) is 3.75. The molecule has 0 atom stereocenters. The second-order valence-electron chi connectivity index (χ2n) is 5.06. The van der Waals surface area contributed by atoms with Crippen molar-refractivity contribution in [3.8, 4) is 10.6 Å². The summed E-state index contributed by atoms with van der Waals surface area (Å²) in [6.07, 6.45) is 0. The Bertz CT molecular complexity index is 958. The van der Waals surface area contributed by atoms with E-state index in [0.717, 1.165) is 10.4 Å². The first-order valence-corrected chi connectivity index (χ1v) is 9.28. The van der Waals surface area contributed by atoms with Gasteiger partial charge in [-0.05, 0) is 23.6 Å². The number of esters is 1. The minimum atomic E-state index is -0.368. The van der Waals surface area contributed by atoms with Crippen molar-refractivity contribution in [3.63, 3.8) is 0 Å². The monoisotopic (exact) mass is 372 g/mol. The summed E-state index contributed by atoms with van der Waals surface area (Å²) in [5, 5.41) is 6.31. The van der Waals surface area contributed by atoms with Gasteiger partial charge in [0.2, 0.25) is 0 Å². The minimum Gasteiger partial charge on any atom is -0.458 e. The molecule has 0 saturated carbocycles. The average Bonchev–Trinajstić information content (AvgIpc) is 3.37. The number of hydrogen-bond donors (Lipinski definition) is 0. The maximum absolute atomic E-state index is 11.9. The summed E-state index contributed by atoms with van der Waals surface area (Å²) in [5.74, 6) is 0.414. The number of thioether (sulfide) groups is 1. The molecule has 8 heteroatoms. The summed E-state index contributed by atoms with van der Waals surface area (Å²) in [6, 6.07) is 13.1. The smallest absolute Gasteiger partial charge is 0.316 e. The van der Waals surface area contributed by atoms with Crippen LogP contribution in [0.4, 0.5) is 0 Å². The zero-order valence-corrected chi connectivity index (χ0v) is 14.5. The van der Waals surface area contributed by atoms with E-state index in [1.165, 1.54) is 11.8 Å². The highest BCUT2D eigenvalue weighted by molar-refractivity contribution is 7.99.